The third-order valence-electron chi connectivity index (χ3n) is 3.36. The van der Waals surface area contributed by atoms with Crippen molar-refractivity contribution in [2.45, 2.75) is 30.4 Å². The molecule has 1 aromatic carbocycles. The van der Waals surface area contributed by atoms with Crippen LogP contribution in [0.2, 0.25) is 5.02 Å². The standard InChI is InChI=1S/C14H18ClNO3S2/c1-10(20-8-11-2-4-12(15)5-3-11)14(17)16-13-6-7-21(18,19)9-13/h2-5,10,13H,6-9H2,1H3,(H,16,17). The molecular weight excluding hydrogens is 330 g/mol. The van der Waals surface area contributed by atoms with Crippen molar-refractivity contribution >= 4 is 39.1 Å². The van der Waals surface area contributed by atoms with E-state index in [1.807, 2.05) is 31.2 Å². The Labute approximate surface area is 134 Å². The molecule has 1 saturated heterocycles. The van der Waals surface area contributed by atoms with Gasteiger partial charge in [0.15, 0.2) is 9.84 Å². The molecule has 1 heterocycles. The summed E-state index contributed by atoms with van der Waals surface area (Å²) >= 11 is 7.35. The second kappa shape index (κ2) is 7.03. The molecule has 1 aliphatic rings. The highest BCUT2D eigenvalue weighted by Crippen LogP contribution is 2.20. The van der Waals surface area contributed by atoms with Crippen LogP contribution in [0, 0.1) is 0 Å². The van der Waals surface area contributed by atoms with Crippen LogP contribution in [0.5, 0.6) is 0 Å². The fourth-order valence-corrected chi connectivity index (χ4v) is 4.76. The van der Waals surface area contributed by atoms with E-state index in [2.05, 4.69) is 5.32 Å². The number of thioether (sulfide) groups is 1. The van der Waals surface area contributed by atoms with Crippen molar-refractivity contribution in [2.75, 3.05) is 11.5 Å². The number of carbonyl (C=O) groups excluding carboxylic acids is 1. The number of halogens is 1. The average molecular weight is 348 g/mol. The molecule has 21 heavy (non-hydrogen) atoms. The average Bonchev–Trinajstić information content (AvgIpc) is 2.77. The summed E-state index contributed by atoms with van der Waals surface area (Å²) in [6.45, 7) is 1.83. The van der Waals surface area contributed by atoms with Gasteiger partial charge in [-0.15, -0.1) is 11.8 Å². The summed E-state index contributed by atoms with van der Waals surface area (Å²) in [4.78, 5) is 12.0. The minimum Gasteiger partial charge on any atom is -0.351 e. The molecule has 2 atom stereocenters. The van der Waals surface area contributed by atoms with E-state index in [-0.39, 0.29) is 28.7 Å². The molecule has 2 unspecified atom stereocenters. The topological polar surface area (TPSA) is 63.2 Å². The number of sulfone groups is 1. The number of amides is 1. The summed E-state index contributed by atoms with van der Waals surface area (Å²) < 4.78 is 22.7. The van der Waals surface area contributed by atoms with Crippen molar-refractivity contribution in [3.8, 4) is 0 Å². The summed E-state index contributed by atoms with van der Waals surface area (Å²) in [6.07, 6.45) is 0.517. The number of rotatable bonds is 5. The minimum atomic E-state index is -2.96. The number of benzene rings is 1. The predicted molar refractivity (Wildman–Crippen MR) is 87.4 cm³/mol. The summed E-state index contributed by atoms with van der Waals surface area (Å²) in [5.41, 5.74) is 1.10. The van der Waals surface area contributed by atoms with Crippen LogP contribution in [0.4, 0.5) is 0 Å². The van der Waals surface area contributed by atoms with Crippen molar-refractivity contribution < 1.29 is 13.2 Å². The number of carbonyl (C=O) groups is 1. The third-order valence-corrected chi connectivity index (χ3v) is 6.60. The van der Waals surface area contributed by atoms with E-state index in [0.717, 1.165) is 5.56 Å². The van der Waals surface area contributed by atoms with E-state index >= 15 is 0 Å². The summed E-state index contributed by atoms with van der Waals surface area (Å²) in [6, 6.07) is 7.28. The Morgan fingerprint density at radius 2 is 2.10 bits per heavy atom. The molecule has 0 saturated carbocycles. The van der Waals surface area contributed by atoms with Crippen LogP contribution in [0.15, 0.2) is 24.3 Å². The molecule has 0 aliphatic carbocycles. The van der Waals surface area contributed by atoms with Gasteiger partial charge in [0.25, 0.3) is 0 Å². The molecule has 0 aromatic heterocycles. The number of nitrogens with one attached hydrogen (secondary N) is 1. The number of hydrogen-bond acceptors (Lipinski definition) is 4. The monoisotopic (exact) mass is 347 g/mol. The first-order valence-electron chi connectivity index (χ1n) is 6.72. The molecule has 0 spiro atoms. The molecule has 4 nitrogen and oxygen atoms in total. The Balaban J connectivity index is 1.79. The Morgan fingerprint density at radius 3 is 2.67 bits per heavy atom. The van der Waals surface area contributed by atoms with E-state index in [4.69, 9.17) is 11.6 Å². The number of hydrogen-bond donors (Lipinski definition) is 1. The zero-order chi connectivity index (χ0) is 15.5. The lowest BCUT2D eigenvalue weighted by Gasteiger charge is -2.15. The second-order valence-electron chi connectivity index (χ2n) is 5.19. The van der Waals surface area contributed by atoms with Crippen LogP contribution in [0.3, 0.4) is 0 Å². The maximum atomic E-state index is 12.0. The summed E-state index contributed by atoms with van der Waals surface area (Å²) in [7, 11) is -2.96. The highest BCUT2D eigenvalue weighted by atomic mass is 35.5. The van der Waals surface area contributed by atoms with Crippen LogP contribution in [-0.2, 0) is 20.4 Å². The first kappa shape index (κ1) is 16.6. The van der Waals surface area contributed by atoms with Gasteiger partial charge in [-0.2, -0.15) is 0 Å². The van der Waals surface area contributed by atoms with Gasteiger partial charge in [-0.1, -0.05) is 23.7 Å². The molecule has 2 rings (SSSR count). The van der Waals surface area contributed by atoms with Gasteiger partial charge in [-0.25, -0.2) is 8.42 Å². The Hall–Kier alpha value is -0.720. The van der Waals surface area contributed by atoms with Crippen LogP contribution in [0.1, 0.15) is 18.9 Å². The van der Waals surface area contributed by atoms with Gasteiger partial charge >= 0.3 is 0 Å². The molecule has 116 valence electrons. The van der Waals surface area contributed by atoms with Crippen molar-refractivity contribution in [3.63, 3.8) is 0 Å². The highest BCUT2D eigenvalue weighted by Gasteiger charge is 2.29. The van der Waals surface area contributed by atoms with Crippen molar-refractivity contribution in [2.24, 2.45) is 0 Å². The summed E-state index contributed by atoms with van der Waals surface area (Å²) in [5.74, 6) is 0.850. The van der Waals surface area contributed by atoms with Gasteiger partial charge in [0.2, 0.25) is 5.91 Å². The molecule has 1 amide bonds. The van der Waals surface area contributed by atoms with E-state index in [1.54, 1.807) is 0 Å². The summed E-state index contributed by atoms with van der Waals surface area (Å²) in [5, 5.41) is 3.29. The zero-order valence-corrected chi connectivity index (χ0v) is 14.1. The Morgan fingerprint density at radius 1 is 1.43 bits per heavy atom. The molecule has 7 heteroatoms. The Bertz CT molecular complexity index is 601. The van der Waals surface area contributed by atoms with Crippen molar-refractivity contribution in [3.05, 3.63) is 34.9 Å². The maximum Gasteiger partial charge on any atom is 0.233 e. The van der Waals surface area contributed by atoms with Gasteiger partial charge in [0.05, 0.1) is 16.8 Å². The van der Waals surface area contributed by atoms with Crippen molar-refractivity contribution in [1.29, 1.82) is 0 Å². The van der Waals surface area contributed by atoms with E-state index < -0.39 is 9.84 Å². The van der Waals surface area contributed by atoms with Gasteiger partial charge in [-0.3, -0.25) is 4.79 Å². The molecule has 1 N–H and O–H groups in total. The molecular formula is C14H18ClNO3S2. The quantitative estimate of drug-likeness (QED) is 0.887. The third kappa shape index (κ3) is 5.20. The highest BCUT2D eigenvalue weighted by molar-refractivity contribution is 7.99. The first-order valence-corrected chi connectivity index (χ1v) is 9.97. The molecule has 1 aromatic rings. The largest absolute Gasteiger partial charge is 0.351 e. The SMILES string of the molecule is CC(SCc1ccc(Cl)cc1)C(=O)NC1CCS(=O)(=O)C1. The van der Waals surface area contributed by atoms with Crippen LogP contribution in [-0.4, -0.2) is 37.1 Å². The predicted octanol–water partition coefficient (Wildman–Crippen LogP) is 2.27. The first-order chi connectivity index (χ1) is 9.85. The molecule has 1 aliphatic heterocycles. The van der Waals surface area contributed by atoms with Gasteiger partial charge in [0.1, 0.15) is 0 Å². The van der Waals surface area contributed by atoms with E-state index in [0.29, 0.717) is 17.2 Å². The van der Waals surface area contributed by atoms with E-state index in [1.165, 1.54) is 11.8 Å². The fraction of sp³-hybridized carbons (Fsp3) is 0.500. The van der Waals surface area contributed by atoms with Gasteiger partial charge in [-0.05, 0) is 31.0 Å². The smallest absolute Gasteiger partial charge is 0.233 e. The molecule has 0 bridgehead atoms. The lowest BCUT2D eigenvalue weighted by atomic mass is 10.2. The lowest BCUT2D eigenvalue weighted by molar-refractivity contribution is -0.120. The normalized spacial score (nSPS) is 21.9. The Kier molecular flexibility index (Phi) is 5.57. The van der Waals surface area contributed by atoms with Crippen LogP contribution in [0.25, 0.3) is 0 Å². The lowest BCUT2D eigenvalue weighted by Crippen LogP contribution is -2.40. The van der Waals surface area contributed by atoms with Crippen LogP contribution >= 0.6 is 23.4 Å². The zero-order valence-electron chi connectivity index (χ0n) is 11.7. The molecule has 1 fully saturated rings. The second-order valence-corrected chi connectivity index (χ2v) is 9.18. The van der Waals surface area contributed by atoms with Gasteiger partial charge in [0, 0.05) is 16.8 Å². The fourth-order valence-electron chi connectivity index (χ4n) is 2.10. The van der Waals surface area contributed by atoms with Crippen molar-refractivity contribution in [1.82, 2.24) is 5.32 Å². The molecule has 0 radical (unpaired) electrons. The van der Waals surface area contributed by atoms with Gasteiger partial charge < -0.3 is 5.32 Å². The minimum absolute atomic E-state index is 0.0628. The van der Waals surface area contributed by atoms with Crippen LogP contribution < -0.4 is 5.32 Å². The van der Waals surface area contributed by atoms with E-state index in [9.17, 15) is 13.2 Å². The maximum absolute atomic E-state index is 12.0.